The lowest BCUT2D eigenvalue weighted by Gasteiger charge is -2.62. The van der Waals surface area contributed by atoms with Gasteiger partial charge in [0.1, 0.15) is 6.04 Å². The zero-order valence-electron chi connectivity index (χ0n) is 20.9. The molecule has 11 unspecified atom stereocenters. The van der Waals surface area contributed by atoms with Crippen LogP contribution in [-0.4, -0.2) is 45.4 Å². The summed E-state index contributed by atoms with van der Waals surface area (Å²) in [6.45, 7) is 8.47. The number of carbonyl (C=O) groups is 2. The van der Waals surface area contributed by atoms with Crippen molar-refractivity contribution in [1.82, 2.24) is 5.32 Å². The molecule has 4 aliphatic carbocycles. The van der Waals surface area contributed by atoms with Gasteiger partial charge in [0.25, 0.3) is 0 Å². The molecule has 0 aromatic carbocycles. The quantitative estimate of drug-likeness (QED) is 0.477. The van der Waals surface area contributed by atoms with Gasteiger partial charge in [-0.1, -0.05) is 20.8 Å². The van der Waals surface area contributed by atoms with Crippen LogP contribution in [0.5, 0.6) is 0 Å². The van der Waals surface area contributed by atoms with Crippen molar-refractivity contribution in [2.45, 2.75) is 110 Å². The molecule has 6 nitrogen and oxygen atoms in total. The molecule has 0 bridgehead atoms. The number of carboxylic acids is 1. The Morgan fingerprint density at radius 1 is 1.00 bits per heavy atom. The molecule has 188 valence electrons. The molecule has 4 saturated carbocycles. The van der Waals surface area contributed by atoms with Gasteiger partial charge in [0.2, 0.25) is 5.91 Å². The minimum atomic E-state index is -1.02. The highest BCUT2D eigenvalue weighted by molar-refractivity contribution is 5.83. The van der Waals surface area contributed by atoms with Gasteiger partial charge in [0, 0.05) is 6.42 Å². The molecular weight excluding hydrogens is 418 g/mol. The predicted octanol–water partition coefficient (Wildman–Crippen LogP) is 3.98. The second-order valence-electron chi connectivity index (χ2n) is 12.5. The number of rotatable bonds is 6. The highest BCUT2D eigenvalue weighted by Gasteiger charge is 2.63. The molecule has 4 N–H and O–H groups in total. The first kappa shape index (κ1) is 25.0. The number of aliphatic carboxylic acids is 1. The van der Waals surface area contributed by atoms with E-state index >= 15 is 0 Å². The average molecular weight is 464 g/mol. The summed E-state index contributed by atoms with van der Waals surface area (Å²) in [7, 11) is 0. The SMILES string of the molecule is CC(NC(=O)CCC(C)C1CCC2C3CCC4CC(O)CCC4(C)C3CC(O)C12C)C(=O)O. The third kappa shape index (κ3) is 4.24. The lowest BCUT2D eigenvalue weighted by molar-refractivity contribution is -0.175. The molecule has 4 fully saturated rings. The Morgan fingerprint density at radius 3 is 2.42 bits per heavy atom. The Hall–Kier alpha value is -1.14. The van der Waals surface area contributed by atoms with Gasteiger partial charge in [0.05, 0.1) is 12.2 Å². The Kier molecular flexibility index (Phi) is 6.92. The zero-order valence-corrected chi connectivity index (χ0v) is 20.9. The number of hydrogen-bond acceptors (Lipinski definition) is 4. The monoisotopic (exact) mass is 463 g/mol. The van der Waals surface area contributed by atoms with Crippen LogP contribution in [0, 0.1) is 46.3 Å². The van der Waals surface area contributed by atoms with E-state index in [4.69, 9.17) is 5.11 Å². The number of carboxylic acid groups (broad SMARTS) is 1. The predicted molar refractivity (Wildman–Crippen MR) is 126 cm³/mol. The number of aliphatic hydroxyl groups excluding tert-OH is 2. The fourth-order valence-electron chi connectivity index (χ4n) is 9.10. The summed E-state index contributed by atoms with van der Waals surface area (Å²) >= 11 is 0. The topological polar surface area (TPSA) is 107 Å². The average Bonchev–Trinajstić information content (AvgIpc) is 3.12. The van der Waals surface area contributed by atoms with E-state index in [0.717, 1.165) is 44.9 Å². The number of nitrogens with one attached hydrogen (secondary N) is 1. The lowest BCUT2D eigenvalue weighted by atomic mass is 9.43. The molecule has 0 saturated heterocycles. The van der Waals surface area contributed by atoms with Gasteiger partial charge in [0.15, 0.2) is 0 Å². The van der Waals surface area contributed by atoms with Crippen LogP contribution in [0.15, 0.2) is 0 Å². The van der Waals surface area contributed by atoms with Crippen LogP contribution in [0.25, 0.3) is 0 Å². The smallest absolute Gasteiger partial charge is 0.325 e. The first-order valence-corrected chi connectivity index (χ1v) is 13.4. The Balaban J connectivity index is 1.44. The fourth-order valence-corrected chi connectivity index (χ4v) is 9.10. The van der Waals surface area contributed by atoms with E-state index in [2.05, 4.69) is 26.1 Å². The third-order valence-electron chi connectivity index (χ3n) is 11.1. The van der Waals surface area contributed by atoms with Gasteiger partial charge >= 0.3 is 5.97 Å². The molecule has 1 amide bonds. The van der Waals surface area contributed by atoms with E-state index < -0.39 is 12.0 Å². The van der Waals surface area contributed by atoms with E-state index in [1.165, 1.54) is 19.8 Å². The van der Waals surface area contributed by atoms with Crippen LogP contribution in [0.1, 0.15) is 91.9 Å². The summed E-state index contributed by atoms with van der Waals surface area (Å²) in [6.07, 6.45) is 9.08. The number of fused-ring (bicyclic) bond motifs is 5. The molecule has 0 aromatic rings. The molecule has 0 heterocycles. The Morgan fingerprint density at radius 2 is 1.73 bits per heavy atom. The number of amides is 1. The first-order valence-electron chi connectivity index (χ1n) is 13.4. The summed E-state index contributed by atoms with van der Waals surface area (Å²) in [6, 6.07) is -0.865. The summed E-state index contributed by atoms with van der Waals surface area (Å²) in [5.74, 6) is 1.81. The van der Waals surface area contributed by atoms with Crippen LogP contribution >= 0.6 is 0 Å². The van der Waals surface area contributed by atoms with E-state index in [-0.39, 0.29) is 28.9 Å². The van der Waals surface area contributed by atoms with Crippen LogP contribution in [-0.2, 0) is 9.59 Å². The van der Waals surface area contributed by atoms with Gasteiger partial charge in [-0.25, -0.2) is 0 Å². The maximum atomic E-state index is 12.2. The first-order chi connectivity index (χ1) is 15.5. The number of hydrogen-bond donors (Lipinski definition) is 4. The van der Waals surface area contributed by atoms with E-state index in [9.17, 15) is 19.8 Å². The molecule has 0 radical (unpaired) electrons. The molecule has 0 aromatic heterocycles. The lowest BCUT2D eigenvalue weighted by Crippen LogP contribution is -2.58. The van der Waals surface area contributed by atoms with Gasteiger partial charge in [-0.15, -0.1) is 0 Å². The Labute approximate surface area is 198 Å². The molecule has 4 rings (SSSR count). The number of aliphatic hydroxyl groups is 2. The summed E-state index contributed by atoms with van der Waals surface area (Å²) in [4.78, 5) is 23.2. The van der Waals surface area contributed by atoms with Crippen LogP contribution in [0.4, 0.5) is 0 Å². The maximum absolute atomic E-state index is 12.2. The highest BCUT2D eigenvalue weighted by atomic mass is 16.4. The second-order valence-corrected chi connectivity index (χ2v) is 12.5. The molecule has 4 aliphatic rings. The van der Waals surface area contributed by atoms with Crippen molar-refractivity contribution in [2.75, 3.05) is 0 Å². The Bertz CT molecular complexity index is 757. The molecular formula is C27H45NO5. The van der Waals surface area contributed by atoms with Crippen LogP contribution in [0.2, 0.25) is 0 Å². The van der Waals surface area contributed by atoms with Crippen molar-refractivity contribution in [2.24, 2.45) is 46.3 Å². The van der Waals surface area contributed by atoms with Gasteiger partial charge in [-0.3, -0.25) is 9.59 Å². The van der Waals surface area contributed by atoms with Crippen molar-refractivity contribution in [1.29, 1.82) is 0 Å². The molecule has 11 atom stereocenters. The van der Waals surface area contributed by atoms with Crippen molar-refractivity contribution < 1.29 is 24.9 Å². The summed E-state index contributed by atoms with van der Waals surface area (Å²) < 4.78 is 0. The second kappa shape index (κ2) is 9.14. The third-order valence-corrected chi connectivity index (χ3v) is 11.1. The van der Waals surface area contributed by atoms with Crippen molar-refractivity contribution in [3.8, 4) is 0 Å². The van der Waals surface area contributed by atoms with E-state index in [1.54, 1.807) is 0 Å². The van der Waals surface area contributed by atoms with E-state index in [1.807, 2.05) is 0 Å². The highest BCUT2D eigenvalue weighted by Crippen LogP contribution is 2.68. The van der Waals surface area contributed by atoms with Crippen molar-refractivity contribution in [3.05, 3.63) is 0 Å². The van der Waals surface area contributed by atoms with Gasteiger partial charge < -0.3 is 20.6 Å². The van der Waals surface area contributed by atoms with Crippen LogP contribution < -0.4 is 5.32 Å². The molecule has 0 aliphatic heterocycles. The minimum Gasteiger partial charge on any atom is -0.480 e. The standard InChI is InChI=1S/C27H45NO5/c1-15(5-10-24(31)28-16(2)25(32)33)20-8-9-21-19-7-6-17-13-18(29)11-12-26(17,3)22(19)14-23(30)27(20,21)4/h15-23,29-30H,5-14H2,1-4H3,(H,28,31)(H,32,33). The normalized spacial score (nSPS) is 46.4. The largest absolute Gasteiger partial charge is 0.480 e. The van der Waals surface area contributed by atoms with Crippen molar-refractivity contribution >= 4 is 11.9 Å². The fraction of sp³-hybridized carbons (Fsp3) is 0.926. The van der Waals surface area contributed by atoms with Gasteiger partial charge in [-0.05, 0) is 111 Å². The number of carbonyl (C=O) groups excluding carboxylic acids is 1. The maximum Gasteiger partial charge on any atom is 0.325 e. The van der Waals surface area contributed by atoms with Crippen LogP contribution in [0.3, 0.4) is 0 Å². The van der Waals surface area contributed by atoms with Crippen molar-refractivity contribution in [3.63, 3.8) is 0 Å². The molecule has 6 heteroatoms. The molecule has 33 heavy (non-hydrogen) atoms. The zero-order chi connectivity index (χ0) is 24.1. The minimum absolute atomic E-state index is 0.108. The van der Waals surface area contributed by atoms with Gasteiger partial charge in [-0.2, -0.15) is 0 Å². The van der Waals surface area contributed by atoms with E-state index in [0.29, 0.717) is 41.9 Å². The molecule has 0 spiro atoms. The summed E-state index contributed by atoms with van der Waals surface area (Å²) in [5.41, 5.74) is 0.135. The summed E-state index contributed by atoms with van der Waals surface area (Å²) in [5, 5.41) is 33.5.